The van der Waals surface area contributed by atoms with Gasteiger partial charge in [-0.3, -0.25) is 4.57 Å². The van der Waals surface area contributed by atoms with Crippen LogP contribution in [0.5, 0.6) is 0 Å². The van der Waals surface area contributed by atoms with Crippen molar-refractivity contribution in [2.45, 2.75) is 98.2 Å². The van der Waals surface area contributed by atoms with Gasteiger partial charge in [0.15, 0.2) is 0 Å². The van der Waals surface area contributed by atoms with Crippen molar-refractivity contribution in [1.29, 1.82) is 0 Å². The standard InChI is InChI=1S/C18H39O2PS2/c1-13(2)10-16(7)20-21(19,22-17(8)11-14(3)4)23-18(9)12-15(5)6/h13-18H,10-12H2,1-9H3. The van der Waals surface area contributed by atoms with Crippen molar-refractivity contribution in [1.82, 2.24) is 0 Å². The maximum Gasteiger partial charge on any atom is 0.313 e. The van der Waals surface area contributed by atoms with E-state index < -0.39 is 5.77 Å². The number of hydrogen-bond donors (Lipinski definition) is 0. The quantitative estimate of drug-likeness (QED) is 0.321. The van der Waals surface area contributed by atoms with E-state index in [9.17, 15) is 4.57 Å². The Kier molecular flexibility index (Phi) is 11.9. The molecule has 0 N–H and O–H groups in total. The predicted molar refractivity (Wildman–Crippen MR) is 111 cm³/mol. The molecule has 2 nitrogen and oxygen atoms in total. The van der Waals surface area contributed by atoms with Gasteiger partial charge in [0.2, 0.25) is 0 Å². The van der Waals surface area contributed by atoms with Crippen LogP contribution in [-0.2, 0) is 9.09 Å². The van der Waals surface area contributed by atoms with Gasteiger partial charge >= 0.3 is 5.77 Å². The highest BCUT2D eigenvalue weighted by Crippen LogP contribution is 2.73. The van der Waals surface area contributed by atoms with Gasteiger partial charge in [-0.2, -0.15) is 0 Å². The van der Waals surface area contributed by atoms with Crippen LogP contribution in [0.1, 0.15) is 81.6 Å². The van der Waals surface area contributed by atoms with E-state index in [0.717, 1.165) is 19.3 Å². The minimum atomic E-state index is -2.72. The van der Waals surface area contributed by atoms with Crippen molar-refractivity contribution < 1.29 is 9.09 Å². The van der Waals surface area contributed by atoms with Gasteiger partial charge in [0.1, 0.15) is 0 Å². The van der Waals surface area contributed by atoms with Crippen LogP contribution in [0.2, 0.25) is 0 Å². The van der Waals surface area contributed by atoms with Crippen LogP contribution in [0.15, 0.2) is 0 Å². The maximum absolute atomic E-state index is 13.5. The molecule has 0 bridgehead atoms. The van der Waals surface area contributed by atoms with Crippen LogP contribution in [-0.4, -0.2) is 16.6 Å². The van der Waals surface area contributed by atoms with Crippen molar-refractivity contribution in [2.24, 2.45) is 17.8 Å². The van der Waals surface area contributed by atoms with Crippen molar-refractivity contribution in [2.75, 3.05) is 0 Å². The third kappa shape index (κ3) is 12.8. The van der Waals surface area contributed by atoms with Crippen LogP contribution in [0.25, 0.3) is 0 Å². The first-order valence-corrected chi connectivity index (χ1v) is 13.7. The monoisotopic (exact) mass is 382 g/mol. The molecule has 3 atom stereocenters. The zero-order chi connectivity index (χ0) is 18.2. The minimum absolute atomic E-state index is 0.0540. The molecule has 0 heterocycles. The topological polar surface area (TPSA) is 26.3 Å². The molecule has 0 aromatic carbocycles. The third-order valence-corrected chi connectivity index (χ3v) is 11.4. The molecule has 23 heavy (non-hydrogen) atoms. The fourth-order valence-electron chi connectivity index (χ4n) is 2.86. The van der Waals surface area contributed by atoms with E-state index in [4.69, 9.17) is 4.52 Å². The first-order valence-electron chi connectivity index (χ1n) is 9.08. The van der Waals surface area contributed by atoms with E-state index in [1.54, 1.807) is 22.8 Å². The Morgan fingerprint density at radius 1 is 0.696 bits per heavy atom. The van der Waals surface area contributed by atoms with Crippen molar-refractivity contribution in [3.05, 3.63) is 0 Å². The van der Waals surface area contributed by atoms with E-state index in [0.29, 0.717) is 28.3 Å². The second kappa shape index (κ2) is 11.5. The summed E-state index contributed by atoms with van der Waals surface area (Å²) in [6.45, 7) is 19.7. The second-order valence-corrected chi connectivity index (χ2v) is 16.1. The SMILES string of the molecule is CC(C)CC(C)OP(=O)(SC(C)CC(C)C)SC(C)CC(C)C. The van der Waals surface area contributed by atoms with E-state index in [-0.39, 0.29) is 6.10 Å². The molecule has 0 saturated heterocycles. The van der Waals surface area contributed by atoms with Gasteiger partial charge in [-0.1, -0.05) is 78.2 Å². The lowest BCUT2D eigenvalue weighted by atomic mass is 10.1. The normalized spacial score (nSPS) is 19.1. The Balaban J connectivity index is 4.91. The molecule has 3 unspecified atom stereocenters. The summed E-state index contributed by atoms with van der Waals surface area (Å²) in [6, 6.07) is 0. The fraction of sp³-hybridized carbons (Fsp3) is 1.00. The van der Waals surface area contributed by atoms with Crippen molar-refractivity contribution in [3.63, 3.8) is 0 Å². The molecule has 0 aliphatic heterocycles. The van der Waals surface area contributed by atoms with Crippen molar-refractivity contribution in [3.8, 4) is 0 Å². The molecule has 0 aliphatic carbocycles. The van der Waals surface area contributed by atoms with Gasteiger partial charge in [0, 0.05) is 10.5 Å². The van der Waals surface area contributed by atoms with E-state index in [1.165, 1.54) is 0 Å². The van der Waals surface area contributed by atoms with E-state index in [1.807, 2.05) is 0 Å². The largest absolute Gasteiger partial charge is 0.313 e. The molecule has 0 fully saturated rings. The molecule has 0 amide bonds. The smallest absolute Gasteiger partial charge is 0.311 e. The maximum atomic E-state index is 13.5. The van der Waals surface area contributed by atoms with Gasteiger partial charge in [-0.15, -0.1) is 0 Å². The molecule has 0 aromatic heterocycles. The third-order valence-electron chi connectivity index (χ3n) is 3.34. The summed E-state index contributed by atoms with van der Waals surface area (Å²) >= 11 is 3.16. The zero-order valence-corrected chi connectivity index (χ0v) is 19.2. The molecule has 0 radical (unpaired) electrons. The Labute approximate surface area is 153 Å². The summed E-state index contributed by atoms with van der Waals surface area (Å²) in [5, 5.41) is 0.733. The molecule has 0 aliphatic rings. The van der Waals surface area contributed by atoms with Crippen LogP contribution in [0.4, 0.5) is 0 Å². The van der Waals surface area contributed by atoms with Gasteiger partial charge < -0.3 is 4.52 Å². The minimum Gasteiger partial charge on any atom is -0.311 e. The van der Waals surface area contributed by atoms with Gasteiger partial charge in [-0.25, -0.2) is 0 Å². The summed E-state index contributed by atoms with van der Waals surface area (Å²) < 4.78 is 19.6. The van der Waals surface area contributed by atoms with Gasteiger partial charge in [-0.05, 0) is 43.9 Å². The summed E-state index contributed by atoms with van der Waals surface area (Å²) in [5.41, 5.74) is 0. The average Bonchev–Trinajstić information content (AvgIpc) is 2.22. The lowest BCUT2D eigenvalue weighted by Gasteiger charge is -2.27. The molecule has 0 spiro atoms. The van der Waals surface area contributed by atoms with Crippen LogP contribution in [0.3, 0.4) is 0 Å². The number of hydrogen-bond acceptors (Lipinski definition) is 4. The van der Waals surface area contributed by atoms with Crippen molar-refractivity contribution >= 4 is 28.5 Å². The molecular formula is C18H39O2PS2. The number of rotatable bonds is 12. The first-order chi connectivity index (χ1) is 10.4. The summed E-state index contributed by atoms with van der Waals surface area (Å²) in [5.74, 6) is -0.914. The molecular weight excluding hydrogens is 343 g/mol. The fourth-order valence-corrected chi connectivity index (χ4v) is 12.9. The van der Waals surface area contributed by atoms with Crippen LogP contribution < -0.4 is 0 Å². The average molecular weight is 383 g/mol. The Bertz CT molecular complexity index is 307. The summed E-state index contributed by atoms with van der Waals surface area (Å²) in [7, 11) is 0. The predicted octanol–water partition coefficient (Wildman–Crippen LogP) is 7.88. The summed E-state index contributed by atoms with van der Waals surface area (Å²) in [4.78, 5) is 0. The van der Waals surface area contributed by atoms with Gasteiger partial charge in [0.25, 0.3) is 0 Å². The second-order valence-electron chi connectivity index (χ2n) is 8.08. The van der Waals surface area contributed by atoms with Crippen LogP contribution >= 0.6 is 28.5 Å². The zero-order valence-electron chi connectivity index (χ0n) is 16.7. The molecule has 140 valence electrons. The molecule has 0 rings (SSSR count). The first kappa shape index (κ1) is 23.9. The highest BCUT2D eigenvalue weighted by molar-refractivity contribution is 8.89. The Hall–Kier alpha value is 0.890. The highest BCUT2D eigenvalue weighted by atomic mass is 33.1. The van der Waals surface area contributed by atoms with Crippen LogP contribution in [0, 0.1) is 17.8 Å². The molecule has 0 aromatic rings. The van der Waals surface area contributed by atoms with E-state index in [2.05, 4.69) is 62.3 Å². The van der Waals surface area contributed by atoms with Gasteiger partial charge in [0.05, 0.1) is 6.10 Å². The van der Waals surface area contributed by atoms with E-state index >= 15 is 0 Å². The highest BCUT2D eigenvalue weighted by Gasteiger charge is 2.33. The molecule has 0 saturated carbocycles. The molecule has 5 heteroatoms. The lowest BCUT2D eigenvalue weighted by molar-refractivity contribution is 0.209. The lowest BCUT2D eigenvalue weighted by Crippen LogP contribution is -2.11. The Morgan fingerprint density at radius 2 is 1.04 bits per heavy atom. The summed E-state index contributed by atoms with van der Waals surface area (Å²) in [6.07, 6.45) is 3.17. The Morgan fingerprint density at radius 3 is 1.35 bits per heavy atom.